The van der Waals surface area contributed by atoms with Crippen molar-refractivity contribution in [3.05, 3.63) is 28.2 Å². The van der Waals surface area contributed by atoms with Gasteiger partial charge in [-0.25, -0.2) is 0 Å². The van der Waals surface area contributed by atoms with Gasteiger partial charge in [-0.2, -0.15) is 0 Å². The highest BCUT2D eigenvalue weighted by Crippen LogP contribution is 2.22. The van der Waals surface area contributed by atoms with Gasteiger partial charge in [0.15, 0.2) is 5.16 Å². The van der Waals surface area contributed by atoms with Gasteiger partial charge in [-0.3, -0.25) is 4.79 Å². The first-order chi connectivity index (χ1) is 8.58. The first kappa shape index (κ1) is 13.1. The van der Waals surface area contributed by atoms with Gasteiger partial charge in [0.2, 0.25) is 5.91 Å². The zero-order valence-electron chi connectivity index (χ0n) is 10.2. The summed E-state index contributed by atoms with van der Waals surface area (Å²) in [6, 6.07) is 4.08. The standard InChI is InChI=1S/C11H14N4OS2/c1-7(10(12)16)18-11-14-13-9(15(11)2)6-8-4-3-5-17-8/h3-5,7H,6H2,1-2H3,(H2,12,16)/t7-/m0/s1. The Morgan fingerprint density at radius 2 is 2.39 bits per heavy atom. The Morgan fingerprint density at radius 1 is 1.61 bits per heavy atom. The summed E-state index contributed by atoms with van der Waals surface area (Å²) in [6.45, 7) is 1.76. The van der Waals surface area contributed by atoms with Crippen LogP contribution in [0.5, 0.6) is 0 Å². The molecule has 2 N–H and O–H groups in total. The number of nitrogens with two attached hydrogens (primary N) is 1. The molecule has 1 amide bonds. The van der Waals surface area contributed by atoms with E-state index in [0.29, 0.717) is 5.16 Å². The van der Waals surface area contributed by atoms with Crippen molar-refractivity contribution in [2.24, 2.45) is 12.8 Å². The third kappa shape index (κ3) is 2.91. The maximum atomic E-state index is 11.0. The summed E-state index contributed by atoms with van der Waals surface area (Å²) in [5.74, 6) is 0.541. The fourth-order valence-electron chi connectivity index (χ4n) is 1.39. The summed E-state index contributed by atoms with van der Waals surface area (Å²) in [5, 5.41) is 10.7. The van der Waals surface area contributed by atoms with Crippen LogP contribution in [0, 0.1) is 0 Å². The Kier molecular flexibility index (Phi) is 4.03. The second-order valence-electron chi connectivity index (χ2n) is 3.88. The Labute approximate surface area is 113 Å². The summed E-state index contributed by atoms with van der Waals surface area (Å²) in [4.78, 5) is 12.3. The van der Waals surface area contributed by atoms with E-state index in [-0.39, 0.29) is 11.2 Å². The van der Waals surface area contributed by atoms with E-state index in [1.165, 1.54) is 16.6 Å². The zero-order chi connectivity index (χ0) is 13.1. The molecule has 0 spiro atoms. The first-order valence-electron chi connectivity index (χ1n) is 5.44. The van der Waals surface area contributed by atoms with Gasteiger partial charge in [0.05, 0.1) is 5.25 Å². The summed E-state index contributed by atoms with van der Waals surface area (Å²) in [7, 11) is 1.90. The summed E-state index contributed by atoms with van der Waals surface area (Å²) in [6.07, 6.45) is 0.757. The lowest BCUT2D eigenvalue weighted by Crippen LogP contribution is -2.23. The minimum Gasteiger partial charge on any atom is -0.369 e. The van der Waals surface area contributed by atoms with Crippen LogP contribution in [-0.2, 0) is 18.3 Å². The van der Waals surface area contributed by atoms with E-state index in [1.807, 2.05) is 23.1 Å². The number of carbonyl (C=O) groups excluding carboxylic acids is 1. The molecular weight excluding hydrogens is 268 g/mol. The van der Waals surface area contributed by atoms with Crippen molar-refractivity contribution < 1.29 is 4.79 Å². The summed E-state index contributed by atoms with van der Waals surface area (Å²) in [5.41, 5.74) is 5.23. The van der Waals surface area contributed by atoms with E-state index in [2.05, 4.69) is 16.3 Å². The Hall–Kier alpha value is -1.34. The van der Waals surface area contributed by atoms with Crippen LogP contribution in [0.3, 0.4) is 0 Å². The number of hydrogen-bond acceptors (Lipinski definition) is 5. The van der Waals surface area contributed by atoms with E-state index in [1.54, 1.807) is 18.3 Å². The summed E-state index contributed by atoms with van der Waals surface area (Å²) >= 11 is 3.02. The number of thiophene rings is 1. The average molecular weight is 282 g/mol. The number of hydrogen-bond donors (Lipinski definition) is 1. The van der Waals surface area contributed by atoms with E-state index >= 15 is 0 Å². The number of thioether (sulfide) groups is 1. The van der Waals surface area contributed by atoms with Crippen molar-refractivity contribution in [1.82, 2.24) is 14.8 Å². The first-order valence-corrected chi connectivity index (χ1v) is 7.20. The van der Waals surface area contributed by atoms with Gasteiger partial charge in [0.25, 0.3) is 0 Å². The second-order valence-corrected chi connectivity index (χ2v) is 6.22. The number of amides is 1. The molecule has 18 heavy (non-hydrogen) atoms. The molecule has 0 radical (unpaired) electrons. The van der Waals surface area contributed by atoms with Crippen LogP contribution in [0.1, 0.15) is 17.6 Å². The molecule has 0 saturated heterocycles. The van der Waals surface area contributed by atoms with Gasteiger partial charge in [-0.05, 0) is 18.4 Å². The molecule has 0 aliphatic heterocycles. The Morgan fingerprint density at radius 3 is 3.00 bits per heavy atom. The van der Waals surface area contributed by atoms with Gasteiger partial charge >= 0.3 is 0 Å². The Balaban J connectivity index is 2.11. The number of rotatable bonds is 5. The molecule has 0 unspecified atom stereocenters. The lowest BCUT2D eigenvalue weighted by atomic mass is 10.3. The van der Waals surface area contributed by atoms with Gasteiger partial charge in [0, 0.05) is 18.3 Å². The van der Waals surface area contributed by atoms with E-state index < -0.39 is 0 Å². The average Bonchev–Trinajstić information content (AvgIpc) is 2.94. The second kappa shape index (κ2) is 5.53. The van der Waals surface area contributed by atoms with E-state index in [4.69, 9.17) is 5.73 Å². The molecule has 0 saturated carbocycles. The van der Waals surface area contributed by atoms with Gasteiger partial charge in [0.1, 0.15) is 5.82 Å². The molecule has 2 aromatic heterocycles. The molecule has 2 aromatic rings. The minimum absolute atomic E-state index is 0.303. The third-order valence-corrected chi connectivity index (χ3v) is 4.55. The lowest BCUT2D eigenvalue weighted by Gasteiger charge is -2.06. The molecule has 2 rings (SSSR count). The number of nitrogens with zero attached hydrogens (tertiary/aromatic N) is 3. The largest absolute Gasteiger partial charge is 0.369 e. The van der Waals surface area contributed by atoms with Crippen LogP contribution in [-0.4, -0.2) is 25.9 Å². The molecule has 5 nitrogen and oxygen atoms in total. The molecular formula is C11H14N4OS2. The lowest BCUT2D eigenvalue weighted by molar-refractivity contribution is -0.117. The minimum atomic E-state index is -0.345. The Bertz CT molecular complexity index is 535. The molecule has 0 bridgehead atoms. The number of primary amides is 1. The molecule has 0 aliphatic carbocycles. The zero-order valence-corrected chi connectivity index (χ0v) is 11.8. The molecule has 0 fully saturated rings. The predicted molar refractivity (Wildman–Crippen MR) is 72.6 cm³/mol. The van der Waals surface area contributed by atoms with Gasteiger partial charge < -0.3 is 10.3 Å². The third-order valence-electron chi connectivity index (χ3n) is 2.52. The molecule has 1 atom stereocenters. The van der Waals surface area contributed by atoms with Crippen molar-refractivity contribution in [2.75, 3.05) is 0 Å². The SMILES string of the molecule is C[C@H](Sc1nnc(Cc2cccs2)n1C)C(N)=O. The maximum Gasteiger partial charge on any atom is 0.230 e. The van der Waals surface area contributed by atoms with Crippen LogP contribution < -0.4 is 5.73 Å². The van der Waals surface area contributed by atoms with Gasteiger partial charge in [-0.15, -0.1) is 21.5 Å². The van der Waals surface area contributed by atoms with Crippen molar-refractivity contribution in [3.8, 4) is 0 Å². The van der Waals surface area contributed by atoms with Crippen LogP contribution in [0.2, 0.25) is 0 Å². The highest BCUT2D eigenvalue weighted by atomic mass is 32.2. The van der Waals surface area contributed by atoms with Gasteiger partial charge in [-0.1, -0.05) is 17.8 Å². The molecule has 7 heteroatoms. The van der Waals surface area contributed by atoms with Crippen LogP contribution in [0.25, 0.3) is 0 Å². The van der Waals surface area contributed by atoms with Crippen molar-refractivity contribution in [3.63, 3.8) is 0 Å². The highest BCUT2D eigenvalue weighted by Gasteiger charge is 2.16. The maximum absolute atomic E-state index is 11.0. The highest BCUT2D eigenvalue weighted by molar-refractivity contribution is 8.00. The molecule has 96 valence electrons. The van der Waals surface area contributed by atoms with Crippen LogP contribution in [0.15, 0.2) is 22.7 Å². The van der Waals surface area contributed by atoms with Crippen LogP contribution in [0.4, 0.5) is 0 Å². The molecule has 2 heterocycles. The predicted octanol–water partition coefficient (Wildman–Crippen LogP) is 1.43. The fourth-order valence-corrected chi connectivity index (χ4v) is 2.87. The number of aromatic nitrogens is 3. The quantitative estimate of drug-likeness (QED) is 0.842. The van der Waals surface area contributed by atoms with Crippen molar-refractivity contribution >= 4 is 29.0 Å². The smallest absolute Gasteiger partial charge is 0.230 e. The van der Waals surface area contributed by atoms with Crippen LogP contribution >= 0.6 is 23.1 Å². The number of carbonyl (C=O) groups is 1. The summed E-state index contributed by atoms with van der Waals surface area (Å²) < 4.78 is 1.91. The van der Waals surface area contributed by atoms with E-state index in [0.717, 1.165) is 12.2 Å². The topological polar surface area (TPSA) is 73.8 Å². The van der Waals surface area contributed by atoms with E-state index in [9.17, 15) is 4.79 Å². The fraction of sp³-hybridized carbons (Fsp3) is 0.364. The van der Waals surface area contributed by atoms with Crippen molar-refractivity contribution in [2.45, 2.75) is 23.8 Å². The normalized spacial score (nSPS) is 12.6. The monoisotopic (exact) mass is 282 g/mol. The van der Waals surface area contributed by atoms with Crippen molar-refractivity contribution in [1.29, 1.82) is 0 Å². The molecule has 0 aromatic carbocycles. The molecule has 0 aliphatic rings.